The van der Waals surface area contributed by atoms with Gasteiger partial charge in [-0.1, -0.05) is 42.7 Å². The largest absolute Gasteiger partial charge is 0.466 e. The van der Waals surface area contributed by atoms with Crippen LogP contribution in [0.2, 0.25) is 0 Å². The molecular weight excluding hydrogens is 212 g/mol. The van der Waals surface area contributed by atoms with E-state index in [0.29, 0.717) is 6.61 Å². The molecule has 1 atom stereocenters. The van der Waals surface area contributed by atoms with Gasteiger partial charge in [-0.15, -0.1) is 0 Å². The van der Waals surface area contributed by atoms with E-state index >= 15 is 0 Å². The van der Waals surface area contributed by atoms with Crippen molar-refractivity contribution in [1.82, 2.24) is 0 Å². The van der Waals surface area contributed by atoms with Crippen LogP contribution < -0.4 is 0 Å². The molecule has 0 radical (unpaired) electrons. The Kier molecular flexibility index (Phi) is 5.20. The van der Waals surface area contributed by atoms with E-state index in [1.807, 2.05) is 6.92 Å². The average molecular weight is 234 g/mol. The second-order valence-corrected chi connectivity index (χ2v) is 4.51. The Bertz CT molecular complexity index is 362. The summed E-state index contributed by atoms with van der Waals surface area (Å²) in [6, 6.07) is 6.30. The maximum atomic E-state index is 11.9. The molecule has 0 aliphatic heterocycles. The molecule has 0 amide bonds. The molecule has 0 saturated carbocycles. The van der Waals surface area contributed by atoms with E-state index in [1.165, 1.54) is 11.1 Å². The van der Waals surface area contributed by atoms with Crippen molar-refractivity contribution in [2.75, 3.05) is 6.61 Å². The molecule has 0 aromatic heterocycles. The van der Waals surface area contributed by atoms with Crippen molar-refractivity contribution in [2.24, 2.45) is 0 Å². The van der Waals surface area contributed by atoms with Crippen molar-refractivity contribution >= 4 is 5.97 Å². The van der Waals surface area contributed by atoms with Gasteiger partial charge in [0, 0.05) is 0 Å². The second kappa shape index (κ2) is 6.43. The molecule has 0 heterocycles. The fourth-order valence-corrected chi connectivity index (χ4v) is 2.16. The lowest BCUT2D eigenvalue weighted by molar-refractivity contribution is -0.145. The smallest absolute Gasteiger partial charge is 0.313 e. The van der Waals surface area contributed by atoms with Crippen molar-refractivity contribution in [3.05, 3.63) is 34.9 Å². The second-order valence-electron chi connectivity index (χ2n) is 4.51. The zero-order valence-electron chi connectivity index (χ0n) is 11.2. The fourth-order valence-electron chi connectivity index (χ4n) is 2.16. The van der Waals surface area contributed by atoms with Crippen LogP contribution in [0.4, 0.5) is 0 Å². The van der Waals surface area contributed by atoms with Gasteiger partial charge < -0.3 is 4.74 Å². The molecule has 1 rings (SSSR count). The summed E-state index contributed by atoms with van der Waals surface area (Å²) < 4.78 is 5.15. The van der Waals surface area contributed by atoms with Gasteiger partial charge in [-0.3, -0.25) is 4.79 Å². The van der Waals surface area contributed by atoms with Crippen molar-refractivity contribution in [3.63, 3.8) is 0 Å². The van der Waals surface area contributed by atoms with Gasteiger partial charge in [0.1, 0.15) is 0 Å². The summed E-state index contributed by atoms with van der Waals surface area (Å²) in [5.41, 5.74) is 3.48. The molecule has 1 aromatic rings. The molecule has 0 aliphatic carbocycles. The average Bonchev–Trinajstić information content (AvgIpc) is 2.24. The topological polar surface area (TPSA) is 26.3 Å². The molecule has 0 fully saturated rings. The first kappa shape index (κ1) is 13.8. The van der Waals surface area contributed by atoms with E-state index in [0.717, 1.165) is 18.4 Å². The van der Waals surface area contributed by atoms with Gasteiger partial charge in [0.25, 0.3) is 0 Å². The Labute approximate surface area is 104 Å². The first-order valence-electron chi connectivity index (χ1n) is 6.33. The molecule has 94 valence electrons. The predicted molar refractivity (Wildman–Crippen MR) is 70.2 cm³/mol. The minimum Gasteiger partial charge on any atom is -0.466 e. The lowest BCUT2D eigenvalue weighted by Crippen LogP contribution is -2.16. The number of aryl methyl sites for hydroxylation is 2. The highest BCUT2D eigenvalue weighted by Gasteiger charge is 2.21. The monoisotopic (exact) mass is 234 g/mol. The highest BCUT2D eigenvalue weighted by atomic mass is 16.5. The highest BCUT2D eigenvalue weighted by Crippen LogP contribution is 2.25. The van der Waals surface area contributed by atoms with Crippen LogP contribution in [0.25, 0.3) is 0 Å². The Morgan fingerprint density at radius 3 is 2.24 bits per heavy atom. The molecule has 2 heteroatoms. The van der Waals surface area contributed by atoms with Crippen molar-refractivity contribution < 1.29 is 9.53 Å². The van der Waals surface area contributed by atoms with Crippen molar-refractivity contribution in [1.29, 1.82) is 0 Å². The summed E-state index contributed by atoms with van der Waals surface area (Å²) in [5, 5.41) is 0. The van der Waals surface area contributed by atoms with Gasteiger partial charge in [0.15, 0.2) is 0 Å². The van der Waals surface area contributed by atoms with E-state index in [1.54, 1.807) is 0 Å². The fraction of sp³-hybridized carbons (Fsp3) is 0.533. The quantitative estimate of drug-likeness (QED) is 0.725. The SMILES string of the molecule is CCCC(C(=O)OCC)c1cc(C)cc(C)c1. The minimum absolute atomic E-state index is 0.0978. The number of hydrogen-bond donors (Lipinski definition) is 0. The van der Waals surface area contributed by atoms with E-state index < -0.39 is 0 Å². The first-order chi connectivity index (χ1) is 8.08. The van der Waals surface area contributed by atoms with Gasteiger partial charge in [0.2, 0.25) is 0 Å². The first-order valence-corrected chi connectivity index (χ1v) is 6.33. The lowest BCUT2D eigenvalue weighted by atomic mass is 9.92. The predicted octanol–water partition coefficient (Wildman–Crippen LogP) is 3.75. The third-order valence-electron chi connectivity index (χ3n) is 2.79. The maximum absolute atomic E-state index is 11.9. The summed E-state index contributed by atoms with van der Waals surface area (Å²) in [4.78, 5) is 11.9. The number of carbonyl (C=O) groups excluding carboxylic acids is 1. The van der Waals surface area contributed by atoms with Gasteiger partial charge in [-0.25, -0.2) is 0 Å². The van der Waals surface area contributed by atoms with Gasteiger partial charge in [-0.05, 0) is 32.8 Å². The Morgan fingerprint density at radius 1 is 1.18 bits per heavy atom. The molecule has 17 heavy (non-hydrogen) atoms. The standard InChI is InChI=1S/C15H22O2/c1-5-7-14(15(16)17-6-2)13-9-11(3)8-12(4)10-13/h8-10,14H,5-7H2,1-4H3. The number of hydrogen-bond acceptors (Lipinski definition) is 2. The summed E-state index contributed by atoms with van der Waals surface area (Å²) >= 11 is 0. The zero-order valence-corrected chi connectivity index (χ0v) is 11.2. The van der Waals surface area contributed by atoms with Crippen LogP contribution in [0.3, 0.4) is 0 Å². The van der Waals surface area contributed by atoms with Gasteiger partial charge in [-0.2, -0.15) is 0 Å². The van der Waals surface area contributed by atoms with Crippen molar-refractivity contribution in [2.45, 2.75) is 46.5 Å². The molecule has 0 N–H and O–H groups in total. The zero-order chi connectivity index (χ0) is 12.8. The number of carbonyl (C=O) groups is 1. The molecule has 0 saturated heterocycles. The summed E-state index contributed by atoms with van der Waals surface area (Å²) in [5.74, 6) is -0.210. The van der Waals surface area contributed by atoms with E-state index in [4.69, 9.17) is 4.74 Å². The van der Waals surface area contributed by atoms with Crippen LogP contribution in [-0.2, 0) is 9.53 Å². The Hall–Kier alpha value is -1.31. The van der Waals surface area contributed by atoms with E-state index in [-0.39, 0.29) is 11.9 Å². The maximum Gasteiger partial charge on any atom is 0.313 e. The molecule has 0 bridgehead atoms. The number of rotatable bonds is 5. The van der Waals surface area contributed by atoms with E-state index in [2.05, 4.69) is 39.0 Å². The third-order valence-corrected chi connectivity index (χ3v) is 2.79. The molecule has 0 spiro atoms. The Morgan fingerprint density at radius 2 is 1.76 bits per heavy atom. The lowest BCUT2D eigenvalue weighted by Gasteiger charge is -2.16. The number of esters is 1. The number of benzene rings is 1. The van der Waals surface area contributed by atoms with Gasteiger partial charge >= 0.3 is 5.97 Å². The summed E-state index contributed by atoms with van der Waals surface area (Å²) in [6.07, 6.45) is 1.83. The van der Waals surface area contributed by atoms with Crippen LogP contribution in [0.15, 0.2) is 18.2 Å². The highest BCUT2D eigenvalue weighted by molar-refractivity contribution is 5.78. The Balaban J connectivity index is 3.00. The van der Waals surface area contributed by atoms with Crippen LogP contribution in [0.1, 0.15) is 49.3 Å². The van der Waals surface area contributed by atoms with Crippen LogP contribution >= 0.6 is 0 Å². The third kappa shape index (κ3) is 3.88. The minimum atomic E-state index is -0.112. The number of ether oxygens (including phenoxy) is 1. The molecule has 0 aliphatic rings. The van der Waals surface area contributed by atoms with Crippen LogP contribution in [0.5, 0.6) is 0 Å². The molecular formula is C15H22O2. The summed E-state index contributed by atoms with van der Waals surface area (Å²) in [7, 11) is 0. The molecule has 2 nitrogen and oxygen atoms in total. The molecule has 1 unspecified atom stereocenters. The molecule has 1 aromatic carbocycles. The van der Waals surface area contributed by atoms with E-state index in [9.17, 15) is 4.79 Å². The van der Waals surface area contributed by atoms with Crippen LogP contribution in [0, 0.1) is 13.8 Å². The van der Waals surface area contributed by atoms with Gasteiger partial charge in [0.05, 0.1) is 12.5 Å². The van der Waals surface area contributed by atoms with Crippen LogP contribution in [-0.4, -0.2) is 12.6 Å². The normalized spacial score (nSPS) is 12.2. The van der Waals surface area contributed by atoms with Crippen molar-refractivity contribution in [3.8, 4) is 0 Å². The summed E-state index contributed by atoms with van der Waals surface area (Å²) in [6.45, 7) is 8.51.